The van der Waals surface area contributed by atoms with E-state index in [4.69, 9.17) is 16.0 Å². The normalized spacial score (nSPS) is 12.3. The van der Waals surface area contributed by atoms with E-state index >= 15 is 0 Å². The average molecular weight is 413 g/mol. The number of aromatic nitrogens is 1. The van der Waals surface area contributed by atoms with Crippen molar-refractivity contribution in [1.82, 2.24) is 4.98 Å². The number of nitrogens with one attached hydrogen (secondary N) is 1. The van der Waals surface area contributed by atoms with Gasteiger partial charge in [-0.05, 0) is 42.5 Å². The van der Waals surface area contributed by atoms with E-state index < -0.39 is 11.7 Å². The molecule has 2 aromatic carbocycles. The number of para-hydroxylation sites is 1. The van der Waals surface area contributed by atoms with Crippen molar-refractivity contribution in [2.24, 2.45) is 0 Å². The molecule has 0 fully saturated rings. The molecule has 1 N–H and O–H groups in total. The minimum atomic E-state index is -4.56. The Morgan fingerprint density at radius 3 is 2.66 bits per heavy atom. The highest BCUT2D eigenvalue weighted by Crippen LogP contribution is 2.37. The number of nitrogens with zero attached hydrogens (tertiary/aromatic N) is 1. The molecule has 2 heterocycles. The van der Waals surface area contributed by atoms with Gasteiger partial charge < -0.3 is 9.40 Å². The molecule has 0 atom stereocenters. The zero-order chi connectivity index (χ0) is 20.6. The monoisotopic (exact) mass is 412 g/mol. The number of allylic oxidation sites excluding steroid dienone is 1. The SMILES string of the molecule is N#C/C(=C\c1ccc(-c2ccc(Cl)c(C(F)(F)F)c2)o1)c1c[nH]c2ccccc12. The number of furan rings is 1. The van der Waals surface area contributed by atoms with Crippen molar-refractivity contribution >= 4 is 34.2 Å². The van der Waals surface area contributed by atoms with Crippen LogP contribution in [-0.2, 0) is 6.18 Å². The highest BCUT2D eigenvalue weighted by atomic mass is 35.5. The van der Waals surface area contributed by atoms with Crippen molar-refractivity contribution in [2.75, 3.05) is 0 Å². The first-order chi connectivity index (χ1) is 13.9. The van der Waals surface area contributed by atoms with Crippen LogP contribution >= 0.6 is 11.6 Å². The number of benzene rings is 2. The van der Waals surface area contributed by atoms with E-state index in [-0.39, 0.29) is 16.3 Å². The number of H-pyrrole nitrogens is 1. The van der Waals surface area contributed by atoms with Gasteiger partial charge >= 0.3 is 6.18 Å². The van der Waals surface area contributed by atoms with Crippen LogP contribution in [-0.4, -0.2) is 4.98 Å². The maximum atomic E-state index is 13.1. The van der Waals surface area contributed by atoms with E-state index in [0.29, 0.717) is 16.9 Å². The molecule has 0 saturated heterocycles. The van der Waals surface area contributed by atoms with Crippen molar-refractivity contribution in [3.8, 4) is 17.4 Å². The van der Waals surface area contributed by atoms with Crippen LogP contribution in [0.3, 0.4) is 0 Å². The third kappa shape index (κ3) is 3.65. The summed E-state index contributed by atoms with van der Waals surface area (Å²) in [5, 5.41) is 10.1. The van der Waals surface area contributed by atoms with Gasteiger partial charge in [0.05, 0.1) is 22.2 Å². The molecule has 7 heteroatoms. The Bertz CT molecular complexity index is 1280. The van der Waals surface area contributed by atoms with Gasteiger partial charge in [0.15, 0.2) is 0 Å². The second-order valence-electron chi connectivity index (χ2n) is 6.31. The van der Waals surface area contributed by atoms with Crippen LogP contribution in [0.1, 0.15) is 16.9 Å². The molecule has 3 nitrogen and oxygen atoms in total. The second kappa shape index (κ2) is 7.19. The summed E-state index contributed by atoms with van der Waals surface area (Å²) >= 11 is 5.67. The maximum Gasteiger partial charge on any atom is 0.417 e. The molecular weight excluding hydrogens is 401 g/mol. The van der Waals surface area contributed by atoms with Gasteiger partial charge in [0.2, 0.25) is 0 Å². The number of halogens is 4. The van der Waals surface area contributed by atoms with Crippen LogP contribution in [0.5, 0.6) is 0 Å². The van der Waals surface area contributed by atoms with Gasteiger partial charge in [-0.1, -0.05) is 29.8 Å². The molecule has 4 rings (SSSR count). The molecule has 0 aliphatic heterocycles. The van der Waals surface area contributed by atoms with Crippen molar-refractivity contribution in [2.45, 2.75) is 6.18 Å². The van der Waals surface area contributed by atoms with E-state index in [1.165, 1.54) is 12.1 Å². The predicted octanol–water partition coefficient (Wildman–Crippen LogP) is 7.16. The van der Waals surface area contributed by atoms with Gasteiger partial charge in [-0.15, -0.1) is 0 Å². The van der Waals surface area contributed by atoms with Crippen LogP contribution in [0.25, 0.3) is 33.9 Å². The fraction of sp³-hybridized carbons (Fsp3) is 0.0455. The number of alkyl halides is 3. The number of aromatic amines is 1. The van der Waals surface area contributed by atoms with Crippen molar-refractivity contribution in [3.05, 3.63) is 82.7 Å². The summed E-state index contributed by atoms with van der Waals surface area (Å²) in [5.74, 6) is 0.597. The molecule has 0 aliphatic rings. The quantitative estimate of drug-likeness (QED) is 0.363. The van der Waals surface area contributed by atoms with Crippen LogP contribution < -0.4 is 0 Å². The lowest BCUT2D eigenvalue weighted by Crippen LogP contribution is -2.05. The molecule has 0 spiro atoms. The van der Waals surface area contributed by atoms with Gasteiger partial charge in [0.25, 0.3) is 0 Å². The number of hydrogen-bond donors (Lipinski definition) is 1. The molecular formula is C22H12ClF3N2O. The van der Waals surface area contributed by atoms with Crippen molar-refractivity contribution < 1.29 is 17.6 Å². The summed E-state index contributed by atoms with van der Waals surface area (Å²) < 4.78 is 44.9. The third-order valence-electron chi connectivity index (χ3n) is 4.47. The van der Waals surface area contributed by atoms with Gasteiger partial charge in [-0.2, -0.15) is 18.4 Å². The van der Waals surface area contributed by atoms with E-state index in [2.05, 4.69) is 11.1 Å². The predicted molar refractivity (Wildman–Crippen MR) is 106 cm³/mol. The van der Waals surface area contributed by atoms with Crippen LogP contribution in [0, 0.1) is 11.3 Å². The first-order valence-corrected chi connectivity index (χ1v) is 8.90. The van der Waals surface area contributed by atoms with Gasteiger partial charge in [-0.25, -0.2) is 0 Å². The summed E-state index contributed by atoms with van der Waals surface area (Å²) in [6, 6.07) is 16.4. The lowest BCUT2D eigenvalue weighted by Gasteiger charge is -2.09. The summed E-state index contributed by atoms with van der Waals surface area (Å²) in [5.41, 5.74) is 1.29. The molecule has 0 radical (unpaired) electrons. The van der Waals surface area contributed by atoms with Gasteiger partial charge in [0, 0.05) is 28.2 Å². The summed E-state index contributed by atoms with van der Waals surface area (Å²) in [6.45, 7) is 0. The number of fused-ring (bicyclic) bond motifs is 1. The Balaban J connectivity index is 1.72. The fourth-order valence-electron chi connectivity index (χ4n) is 3.09. The summed E-state index contributed by atoms with van der Waals surface area (Å²) in [6.07, 6.45) is -1.27. The zero-order valence-electron chi connectivity index (χ0n) is 14.7. The summed E-state index contributed by atoms with van der Waals surface area (Å²) in [7, 11) is 0. The summed E-state index contributed by atoms with van der Waals surface area (Å²) in [4.78, 5) is 3.10. The largest absolute Gasteiger partial charge is 0.457 e. The van der Waals surface area contributed by atoms with E-state index in [1.807, 2.05) is 24.3 Å². The topological polar surface area (TPSA) is 52.7 Å². The number of rotatable bonds is 3. The first kappa shape index (κ1) is 18.9. The Morgan fingerprint density at radius 1 is 1.10 bits per heavy atom. The Hall–Kier alpha value is -3.43. The van der Waals surface area contributed by atoms with Crippen LogP contribution in [0.4, 0.5) is 13.2 Å². The van der Waals surface area contributed by atoms with Crippen molar-refractivity contribution in [1.29, 1.82) is 5.26 Å². The number of nitriles is 1. The van der Waals surface area contributed by atoms with Crippen LogP contribution in [0.2, 0.25) is 5.02 Å². The zero-order valence-corrected chi connectivity index (χ0v) is 15.5. The standard InChI is InChI=1S/C22H12ClF3N2O/c23-19-7-5-13(10-18(19)22(24,25)26)21-8-6-15(29-21)9-14(11-27)17-12-28-20-4-2-1-3-16(17)20/h1-10,12,28H/b14-9+. The van der Waals surface area contributed by atoms with E-state index in [1.54, 1.807) is 24.4 Å². The second-order valence-corrected chi connectivity index (χ2v) is 6.72. The maximum absolute atomic E-state index is 13.1. The molecule has 4 aromatic rings. The van der Waals surface area contributed by atoms with Crippen LogP contribution in [0.15, 0.2) is 65.2 Å². The first-order valence-electron chi connectivity index (χ1n) is 8.52. The van der Waals surface area contributed by atoms with Crippen molar-refractivity contribution in [3.63, 3.8) is 0 Å². The fourth-order valence-corrected chi connectivity index (χ4v) is 3.31. The van der Waals surface area contributed by atoms with E-state index in [0.717, 1.165) is 17.0 Å². The minimum Gasteiger partial charge on any atom is -0.457 e. The smallest absolute Gasteiger partial charge is 0.417 e. The average Bonchev–Trinajstić information content (AvgIpc) is 3.33. The molecule has 0 unspecified atom stereocenters. The lowest BCUT2D eigenvalue weighted by molar-refractivity contribution is -0.137. The lowest BCUT2D eigenvalue weighted by atomic mass is 10.1. The number of hydrogen-bond acceptors (Lipinski definition) is 2. The Kier molecular flexibility index (Phi) is 4.69. The Morgan fingerprint density at radius 2 is 1.90 bits per heavy atom. The molecule has 0 bridgehead atoms. The molecule has 0 aliphatic carbocycles. The van der Waals surface area contributed by atoms with E-state index in [9.17, 15) is 18.4 Å². The molecule has 2 aromatic heterocycles. The molecule has 29 heavy (non-hydrogen) atoms. The minimum absolute atomic E-state index is 0.243. The molecule has 144 valence electrons. The highest BCUT2D eigenvalue weighted by Gasteiger charge is 2.33. The van der Waals surface area contributed by atoms with Gasteiger partial charge in [-0.3, -0.25) is 0 Å². The molecule has 0 amide bonds. The third-order valence-corrected chi connectivity index (χ3v) is 4.80. The highest BCUT2D eigenvalue weighted by molar-refractivity contribution is 6.31. The Labute approximate surface area is 168 Å². The molecule has 0 saturated carbocycles. The van der Waals surface area contributed by atoms with Gasteiger partial charge in [0.1, 0.15) is 11.5 Å².